The molecule has 86 valence electrons. The van der Waals surface area contributed by atoms with Crippen LogP contribution < -0.4 is 5.32 Å². The summed E-state index contributed by atoms with van der Waals surface area (Å²) in [6.45, 7) is 4.14. The number of nitrogens with one attached hydrogen (secondary N) is 1. The summed E-state index contributed by atoms with van der Waals surface area (Å²) >= 11 is 5.06. The number of hydrogen-bond acceptors (Lipinski definition) is 4. The Kier molecular flexibility index (Phi) is 3.30. The average Bonchev–Trinajstić information content (AvgIpc) is 2.79. The molecule has 0 amide bonds. The lowest BCUT2D eigenvalue weighted by Crippen LogP contribution is -2.06. The maximum absolute atomic E-state index is 4.33. The maximum atomic E-state index is 4.33. The normalized spacial score (nSPS) is 12.8. The van der Waals surface area contributed by atoms with E-state index >= 15 is 0 Å². The molecule has 0 spiro atoms. The summed E-state index contributed by atoms with van der Waals surface area (Å²) in [4.78, 5) is 4.33. The van der Waals surface area contributed by atoms with Gasteiger partial charge in [-0.05, 0) is 29.8 Å². The molecule has 0 aliphatic rings. The minimum Gasteiger partial charge on any atom is -0.373 e. The molecule has 0 saturated heterocycles. The second-order valence-electron chi connectivity index (χ2n) is 3.64. The molecule has 0 aliphatic heterocycles. The Morgan fingerprint density at radius 3 is 2.75 bits per heavy atom. The van der Waals surface area contributed by atoms with Crippen molar-refractivity contribution in [3.63, 3.8) is 0 Å². The molecule has 1 atom stereocenters. The average molecular weight is 301 g/mol. The fourth-order valence-electron chi connectivity index (χ4n) is 1.40. The molecule has 0 aromatic carbocycles. The highest BCUT2D eigenvalue weighted by Crippen LogP contribution is 2.27. The molecule has 4 nitrogen and oxygen atoms in total. The number of halogens is 1. The van der Waals surface area contributed by atoms with Gasteiger partial charge in [-0.1, -0.05) is 0 Å². The third kappa shape index (κ3) is 2.27. The molecule has 0 fully saturated rings. The summed E-state index contributed by atoms with van der Waals surface area (Å²) in [6, 6.07) is 0.194. The molecule has 2 aromatic rings. The summed E-state index contributed by atoms with van der Waals surface area (Å²) in [5, 5.41) is 8.67. The van der Waals surface area contributed by atoms with E-state index in [2.05, 4.69) is 38.3 Å². The molecule has 0 aliphatic carbocycles. The number of nitrogens with zero attached hydrogens (tertiary/aromatic N) is 3. The van der Waals surface area contributed by atoms with Crippen LogP contribution in [-0.2, 0) is 7.05 Å². The first-order valence-electron chi connectivity index (χ1n) is 4.94. The lowest BCUT2D eigenvalue weighted by atomic mass is 10.3. The van der Waals surface area contributed by atoms with Crippen molar-refractivity contribution in [1.82, 2.24) is 14.8 Å². The van der Waals surface area contributed by atoms with E-state index in [4.69, 9.17) is 0 Å². The number of thiazole rings is 1. The first-order chi connectivity index (χ1) is 7.58. The van der Waals surface area contributed by atoms with Gasteiger partial charge in [-0.2, -0.15) is 5.10 Å². The van der Waals surface area contributed by atoms with Crippen LogP contribution in [0.5, 0.6) is 0 Å². The van der Waals surface area contributed by atoms with Crippen LogP contribution in [0.2, 0.25) is 0 Å². The molecule has 0 radical (unpaired) electrons. The lowest BCUT2D eigenvalue weighted by molar-refractivity contribution is 0.739. The third-order valence-electron chi connectivity index (χ3n) is 2.47. The Morgan fingerprint density at radius 2 is 2.25 bits per heavy atom. The van der Waals surface area contributed by atoms with Gasteiger partial charge in [-0.3, -0.25) is 4.68 Å². The number of rotatable bonds is 3. The number of anilines is 1. The Bertz CT molecular complexity index is 491. The van der Waals surface area contributed by atoms with Crippen molar-refractivity contribution in [1.29, 1.82) is 0 Å². The van der Waals surface area contributed by atoms with Gasteiger partial charge in [0.05, 0.1) is 33.6 Å². The molecule has 0 bridgehead atoms. The highest BCUT2D eigenvalue weighted by Gasteiger charge is 2.12. The van der Waals surface area contributed by atoms with Gasteiger partial charge in [0.15, 0.2) is 0 Å². The second kappa shape index (κ2) is 4.55. The summed E-state index contributed by atoms with van der Waals surface area (Å²) in [7, 11) is 1.94. The van der Waals surface area contributed by atoms with Gasteiger partial charge >= 0.3 is 0 Å². The highest BCUT2D eigenvalue weighted by molar-refractivity contribution is 9.11. The molecular weight excluding hydrogens is 288 g/mol. The van der Waals surface area contributed by atoms with Crippen LogP contribution in [0.15, 0.2) is 16.2 Å². The number of hydrogen-bond donors (Lipinski definition) is 1. The van der Waals surface area contributed by atoms with E-state index in [9.17, 15) is 0 Å². The van der Waals surface area contributed by atoms with E-state index in [1.54, 1.807) is 11.3 Å². The summed E-state index contributed by atoms with van der Waals surface area (Å²) in [6.07, 6.45) is 3.67. The first-order valence-corrected chi connectivity index (χ1v) is 6.55. The molecule has 6 heteroatoms. The van der Waals surface area contributed by atoms with Crippen LogP contribution in [0.4, 0.5) is 5.69 Å². The topological polar surface area (TPSA) is 42.7 Å². The molecule has 16 heavy (non-hydrogen) atoms. The largest absolute Gasteiger partial charge is 0.373 e. The smallest absolute Gasteiger partial charge is 0.116 e. The van der Waals surface area contributed by atoms with Crippen LogP contribution in [0.3, 0.4) is 0 Å². The van der Waals surface area contributed by atoms with Crippen molar-refractivity contribution in [2.24, 2.45) is 7.05 Å². The fourth-order valence-corrected chi connectivity index (χ4v) is 2.65. The van der Waals surface area contributed by atoms with Gasteiger partial charge < -0.3 is 5.32 Å². The summed E-state index contributed by atoms with van der Waals surface area (Å²) in [5.74, 6) is 0. The fraction of sp³-hybridized carbons (Fsp3) is 0.400. The molecule has 0 saturated carbocycles. The predicted molar refractivity (Wildman–Crippen MR) is 69.8 cm³/mol. The predicted octanol–water partition coefficient (Wildman–Crippen LogP) is 3.12. The van der Waals surface area contributed by atoms with Gasteiger partial charge in [0, 0.05) is 7.05 Å². The number of aromatic nitrogens is 3. The van der Waals surface area contributed by atoms with E-state index in [-0.39, 0.29) is 6.04 Å². The molecule has 2 rings (SSSR count). The van der Waals surface area contributed by atoms with Crippen molar-refractivity contribution in [3.8, 4) is 0 Å². The third-order valence-corrected chi connectivity index (χ3v) is 4.13. The minimum absolute atomic E-state index is 0.194. The summed E-state index contributed by atoms with van der Waals surface area (Å²) in [5.41, 5.74) is 2.18. The quantitative estimate of drug-likeness (QED) is 0.947. The van der Waals surface area contributed by atoms with E-state index in [0.29, 0.717) is 0 Å². The van der Waals surface area contributed by atoms with Gasteiger partial charge in [-0.25, -0.2) is 4.98 Å². The Morgan fingerprint density at radius 1 is 1.50 bits per heavy atom. The van der Waals surface area contributed by atoms with E-state index in [1.807, 2.05) is 31.0 Å². The van der Waals surface area contributed by atoms with Gasteiger partial charge in [-0.15, -0.1) is 11.3 Å². The van der Waals surface area contributed by atoms with E-state index in [1.165, 1.54) is 0 Å². The lowest BCUT2D eigenvalue weighted by Gasteiger charge is -2.11. The molecule has 1 unspecified atom stereocenters. The van der Waals surface area contributed by atoms with Crippen LogP contribution in [0, 0.1) is 6.92 Å². The molecule has 2 heterocycles. The van der Waals surface area contributed by atoms with Crippen LogP contribution >= 0.6 is 27.3 Å². The Hall–Kier alpha value is -0.880. The van der Waals surface area contributed by atoms with Crippen molar-refractivity contribution in [3.05, 3.63) is 26.9 Å². The second-order valence-corrected chi connectivity index (χ2v) is 6.08. The zero-order chi connectivity index (χ0) is 11.7. The van der Waals surface area contributed by atoms with Crippen LogP contribution in [0.1, 0.15) is 23.7 Å². The molecule has 1 N–H and O–H groups in total. The van der Waals surface area contributed by atoms with Gasteiger partial charge in [0.25, 0.3) is 0 Å². The zero-order valence-corrected chi connectivity index (χ0v) is 11.8. The highest BCUT2D eigenvalue weighted by atomic mass is 79.9. The van der Waals surface area contributed by atoms with Gasteiger partial charge in [0.2, 0.25) is 0 Å². The molecule has 2 aromatic heterocycles. The Balaban J connectivity index is 2.13. The van der Waals surface area contributed by atoms with Crippen molar-refractivity contribution >= 4 is 33.0 Å². The number of aryl methyl sites for hydroxylation is 1. The minimum atomic E-state index is 0.194. The van der Waals surface area contributed by atoms with Crippen molar-refractivity contribution < 1.29 is 0 Å². The van der Waals surface area contributed by atoms with Crippen LogP contribution in [0.25, 0.3) is 0 Å². The summed E-state index contributed by atoms with van der Waals surface area (Å²) < 4.78 is 2.91. The Labute approximate surface area is 107 Å². The van der Waals surface area contributed by atoms with E-state index < -0.39 is 0 Å². The first kappa shape index (κ1) is 11.6. The maximum Gasteiger partial charge on any atom is 0.116 e. The van der Waals surface area contributed by atoms with Gasteiger partial charge in [0.1, 0.15) is 5.01 Å². The van der Waals surface area contributed by atoms with Crippen molar-refractivity contribution in [2.45, 2.75) is 19.9 Å². The molecular formula is C10H13BrN4S. The van der Waals surface area contributed by atoms with E-state index in [0.717, 1.165) is 20.2 Å². The van der Waals surface area contributed by atoms with Crippen LogP contribution in [-0.4, -0.2) is 14.8 Å². The standard InChI is InChI=1S/C10H13BrN4S/c1-6(10-12-5-9(11)16-10)14-8-4-13-15(3)7(8)2/h4-6,14H,1-3H3. The zero-order valence-electron chi connectivity index (χ0n) is 9.36. The monoisotopic (exact) mass is 300 g/mol. The van der Waals surface area contributed by atoms with Crippen molar-refractivity contribution in [2.75, 3.05) is 5.32 Å². The SMILES string of the molecule is Cc1c(NC(C)c2ncc(Br)s2)cnn1C.